The number of nitrogens with two attached hydrogens (primary N) is 1. The molecule has 3 aromatic carbocycles. The number of aryl methyl sites for hydroxylation is 2. The maximum Gasteiger partial charge on any atom is 0.237 e. The van der Waals surface area contributed by atoms with Crippen molar-refractivity contribution in [3.63, 3.8) is 0 Å². The molecule has 1 aliphatic heterocycles. The van der Waals surface area contributed by atoms with E-state index in [1.54, 1.807) is 22.6 Å². The molecule has 9 nitrogen and oxygen atoms in total. The van der Waals surface area contributed by atoms with Crippen molar-refractivity contribution in [1.29, 1.82) is 0 Å². The van der Waals surface area contributed by atoms with Gasteiger partial charge in [-0.25, -0.2) is 9.97 Å². The molecule has 0 bridgehead atoms. The van der Waals surface area contributed by atoms with Crippen LogP contribution in [0.15, 0.2) is 78.6 Å². The zero-order chi connectivity index (χ0) is 28.7. The first-order valence-corrected chi connectivity index (χ1v) is 15.2. The van der Waals surface area contributed by atoms with Crippen molar-refractivity contribution in [2.75, 3.05) is 39.5 Å². The maximum absolute atomic E-state index is 12.1. The van der Waals surface area contributed by atoms with Crippen molar-refractivity contribution in [3.8, 4) is 22.0 Å². The third kappa shape index (κ3) is 6.52. The Balaban J connectivity index is 1.21. The first-order chi connectivity index (χ1) is 20.7. The van der Waals surface area contributed by atoms with Crippen molar-refractivity contribution >= 4 is 28.0 Å². The Morgan fingerprint density at radius 2 is 1.98 bits per heavy atom. The number of carbonyl (C=O) groups is 1. The van der Waals surface area contributed by atoms with Crippen LogP contribution < -0.4 is 21.1 Å². The van der Waals surface area contributed by atoms with Gasteiger partial charge in [-0.1, -0.05) is 42.5 Å². The van der Waals surface area contributed by atoms with E-state index in [0.717, 1.165) is 52.8 Å². The molecule has 2 aromatic heterocycles. The highest BCUT2D eigenvalue weighted by atomic mass is 32.1. The number of thiazole rings is 1. The molecule has 6 rings (SSSR count). The van der Waals surface area contributed by atoms with E-state index in [0.29, 0.717) is 39.5 Å². The molecule has 0 spiro atoms. The second-order valence-corrected chi connectivity index (χ2v) is 11.2. The normalized spacial score (nSPS) is 13.4. The molecule has 0 unspecified atom stereocenters. The number of nitrogens with one attached hydrogen (secondary N) is 2. The Kier molecular flexibility index (Phi) is 8.86. The van der Waals surface area contributed by atoms with Gasteiger partial charge in [-0.3, -0.25) is 10.1 Å². The highest BCUT2D eigenvalue weighted by Crippen LogP contribution is 2.35. The van der Waals surface area contributed by atoms with Crippen LogP contribution in [-0.2, 0) is 24.2 Å². The van der Waals surface area contributed by atoms with Crippen LogP contribution in [0.1, 0.15) is 17.0 Å². The number of nitrogens with zero attached hydrogens (tertiary/aromatic N) is 4. The molecule has 1 fully saturated rings. The SMILES string of the molecule is NCCNCc1cncn1-c1ccc(-c2nc(CCc3ccc4ccccc4c3)cs2)c(OCCN2CNCC2=O)c1. The molecule has 1 aliphatic rings. The quantitative estimate of drug-likeness (QED) is 0.182. The van der Waals surface area contributed by atoms with Gasteiger partial charge < -0.3 is 25.3 Å². The van der Waals surface area contributed by atoms with Crippen molar-refractivity contribution in [2.45, 2.75) is 19.4 Å². The summed E-state index contributed by atoms with van der Waals surface area (Å²) in [5.41, 5.74) is 10.9. The van der Waals surface area contributed by atoms with E-state index in [1.807, 2.05) is 16.8 Å². The number of aromatic nitrogens is 3. The van der Waals surface area contributed by atoms with E-state index in [2.05, 4.69) is 75.6 Å². The van der Waals surface area contributed by atoms with Gasteiger partial charge in [-0.05, 0) is 41.3 Å². The summed E-state index contributed by atoms with van der Waals surface area (Å²) in [5, 5.41) is 12.0. The highest BCUT2D eigenvalue weighted by Gasteiger charge is 2.20. The molecule has 10 heteroatoms. The van der Waals surface area contributed by atoms with Crippen LogP contribution in [0, 0.1) is 0 Å². The lowest BCUT2D eigenvalue weighted by atomic mass is 10.0. The summed E-state index contributed by atoms with van der Waals surface area (Å²) < 4.78 is 8.38. The molecule has 0 atom stereocenters. The Morgan fingerprint density at radius 1 is 1.07 bits per heavy atom. The van der Waals surface area contributed by atoms with Gasteiger partial charge in [0.25, 0.3) is 0 Å². The Morgan fingerprint density at radius 3 is 2.83 bits per heavy atom. The monoisotopic (exact) mass is 581 g/mol. The number of benzene rings is 3. The maximum atomic E-state index is 12.1. The molecule has 0 aliphatic carbocycles. The molecule has 1 saturated heterocycles. The minimum atomic E-state index is 0.0941. The van der Waals surface area contributed by atoms with E-state index < -0.39 is 0 Å². The summed E-state index contributed by atoms with van der Waals surface area (Å²) in [6, 6.07) is 21.3. The second kappa shape index (κ2) is 13.3. The van der Waals surface area contributed by atoms with Crippen LogP contribution in [0.2, 0.25) is 0 Å². The number of rotatable bonds is 13. The van der Waals surface area contributed by atoms with E-state index in [1.165, 1.54) is 16.3 Å². The number of hydrogen-bond acceptors (Lipinski definition) is 8. The summed E-state index contributed by atoms with van der Waals surface area (Å²) in [5.74, 6) is 0.827. The lowest BCUT2D eigenvalue weighted by molar-refractivity contribution is -0.126. The second-order valence-electron chi connectivity index (χ2n) is 10.3. The summed E-state index contributed by atoms with van der Waals surface area (Å²) in [7, 11) is 0. The summed E-state index contributed by atoms with van der Waals surface area (Å²) in [4.78, 5) is 23.2. The minimum absolute atomic E-state index is 0.0941. The standard InChI is InChI=1S/C32H35N7O2S/c33-11-12-34-17-28-18-35-22-39(28)27-9-10-29(30(16-27)41-14-13-38-21-36-19-31(38)40)32-37-26(20-42-32)8-6-23-5-7-24-3-1-2-4-25(24)15-23/h1-5,7,9-10,15-16,18,20,22,34,36H,6,8,11-14,17,19,21,33H2. The van der Waals surface area contributed by atoms with Gasteiger partial charge in [0.15, 0.2) is 0 Å². The molecule has 216 valence electrons. The number of hydrogen-bond donors (Lipinski definition) is 3. The van der Waals surface area contributed by atoms with E-state index in [-0.39, 0.29) is 5.91 Å². The lowest BCUT2D eigenvalue weighted by Gasteiger charge is -2.17. The zero-order valence-electron chi connectivity index (χ0n) is 23.5. The van der Waals surface area contributed by atoms with Gasteiger partial charge in [0, 0.05) is 37.3 Å². The van der Waals surface area contributed by atoms with Crippen LogP contribution in [0.3, 0.4) is 0 Å². The summed E-state index contributed by atoms with van der Waals surface area (Å²) in [6.07, 6.45) is 5.45. The molecule has 0 saturated carbocycles. The number of amides is 1. The molecule has 0 radical (unpaired) electrons. The molecule has 4 N–H and O–H groups in total. The minimum Gasteiger partial charge on any atom is -0.491 e. The summed E-state index contributed by atoms with van der Waals surface area (Å²) in [6.45, 7) is 3.80. The lowest BCUT2D eigenvalue weighted by Crippen LogP contribution is -2.30. The first kappa shape index (κ1) is 28.0. The van der Waals surface area contributed by atoms with Crippen LogP contribution in [0.4, 0.5) is 0 Å². The smallest absolute Gasteiger partial charge is 0.237 e. The largest absolute Gasteiger partial charge is 0.491 e. The van der Waals surface area contributed by atoms with Crippen LogP contribution in [-0.4, -0.2) is 64.8 Å². The van der Waals surface area contributed by atoms with Gasteiger partial charge in [0.2, 0.25) is 5.91 Å². The van der Waals surface area contributed by atoms with E-state index >= 15 is 0 Å². The van der Waals surface area contributed by atoms with Crippen molar-refractivity contribution in [3.05, 3.63) is 95.5 Å². The molecular formula is C32H35N7O2S. The van der Waals surface area contributed by atoms with Crippen molar-refractivity contribution in [1.82, 2.24) is 30.1 Å². The molecular weight excluding hydrogens is 546 g/mol. The van der Waals surface area contributed by atoms with Crippen LogP contribution >= 0.6 is 11.3 Å². The topological polar surface area (TPSA) is 110 Å². The Bertz CT molecular complexity index is 1660. The van der Waals surface area contributed by atoms with Crippen LogP contribution in [0.25, 0.3) is 27.0 Å². The van der Waals surface area contributed by atoms with Gasteiger partial charge in [0.05, 0.1) is 48.7 Å². The van der Waals surface area contributed by atoms with E-state index in [4.69, 9.17) is 15.5 Å². The average Bonchev–Trinajstić information content (AvgIpc) is 3.78. The van der Waals surface area contributed by atoms with Gasteiger partial charge in [0.1, 0.15) is 17.4 Å². The van der Waals surface area contributed by atoms with E-state index in [9.17, 15) is 4.79 Å². The molecule has 3 heterocycles. The number of fused-ring (bicyclic) bond motifs is 1. The third-order valence-electron chi connectivity index (χ3n) is 7.40. The zero-order valence-corrected chi connectivity index (χ0v) is 24.3. The summed E-state index contributed by atoms with van der Waals surface area (Å²) >= 11 is 1.63. The Hall–Kier alpha value is -4.09. The first-order valence-electron chi connectivity index (χ1n) is 14.3. The number of ether oxygens (including phenoxy) is 1. The third-order valence-corrected chi connectivity index (χ3v) is 8.33. The number of carbonyl (C=O) groups excluding carboxylic acids is 1. The fourth-order valence-electron chi connectivity index (χ4n) is 5.14. The molecule has 5 aromatic rings. The molecule has 1 amide bonds. The fourth-order valence-corrected chi connectivity index (χ4v) is 6.02. The molecule has 42 heavy (non-hydrogen) atoms. The predicted molar refractivity (Wildman–Crippen MR) is 167 cm³/mol. The predicted octanol–water partition coefficient (Wildman–Crippen LogP) is 3.75. The van der Waals surface area contributed by atoms with Gasteiger partial charge in [-0.2, -0.15) is 0 Å². The fraction of sp³-hybridized carbons (Fsp3) is 0.281. The van der Waals surface area contributed by atoms with Gasteiger partial charge >= 0.3 is 0 Å². The van der Waals surface area contributed by atoms with Gasteiger partial charge in [-0.15, -0.1) is 11.3 Å². The highest BCUT2D eigenvalue weighted by molar-refractivity contribution is 7.13. The number of imidazole rings is 1. The van der Waals surface area contributed by atoms with Crippen LogP contribution in [0.5, 0.6) is 5.75 Å². The van der Waals surface area contributed by atoms with Crippen molar-refractivity contribution < 1.29 is 9.53 Å². The average molecular weight is 582 g/mol. The Labute approximate surface area is 249 Å². The van der Waals surface area contributed by atoms with Crippen molar-refractivity contribution in [2.24, 2.45) is 5.73 Å².